The van der Waals surface area contributed by atoms with Gasteiger partial charge in [0.25, 0.3) is 0 Å². The minimum absolute atomic E-state index is 0.413. The Morgan fingerprint density at radius 3 is 2.47 bits per heavy atom. The molecule has 1 aromatic carbocycles. The first-order valence-corrected chi connectivity index (χ1v) is 7.15. The van der Waals surface area contributed by atoms with Crippen molar-refractivity contribution < 1.29 is 9.47 Å². The van der Waals surface area contributed by atoms with Crippen LogP contribution in [-0.2, 0) is 9.47 Å². The SMILES string of the molecule is CCOC(OCC)n1ccnc1Sc1ccccc1. The van der Waals surface area contributed by atoms with Gasteiger partial charge in [-0.05, 0) is 26.0 Å². The van der Waals surface area contributed by atoms with Crippen LogP contribution in [0.3, 0.4) is 0 Å². The third kappa shape index (κ3) is 3.83. The monoisotopic (exact) mass is 278 g/mol. The van der Waals surface area contributed by atoms with Crippen molar-refractivity contribution in [1.29, 1.82) is 0 Å². The molecule has 0 atom stereocenters. The molecule has 1 aromatic heterocycles. The van der Waals surface area contributed by atoms with Gasteiger partial charge < -0.3 is 9.47 Å². The Bertz CT molecular complexity index is 481. The van der Waals surface area contributed by atoms with Crippen molar-refractivity contribution in [3.63, 3.8) is 0 Å². The number of hydrogen-bond acceptors (Lipinski definition) is 4. The van der Waals surface area contributed by atoms with E-state index in [0.717, 1.165) is 10.1 Å². The number of rotatable bonds is 7. The van der Waals surface area contributed by atoms with E-state index in [1.165, 1.54) is 0 Å². The molecule has 19 heavy (non-hydrogen) atoms. The molecule has 0 radical (unpaired) electrons. The summed E-state index contributed by atoms with van der Waals surface area (Å²) in [5, 5.41) is 0.859. The van der Waals surface area contributed by atoms with Gasteiger partial charge in [0.05, 0.1) is 0 Å². The van der Waals surface area contributed by atoms with Crippen molar-refractivity contribution in [2.45, 2.75) is 30.3 Å². The standard InChI is InChI=1S/C14H18N2O2S/c1-3-17-14(18-4-2)16-11-10-15-13(16)19-12-8-6-5-7-9-12/h5-11,14H,3-4H2,1-2H3. The van der Waals surface area contributed by atoms with Crippen LogP contribution in [0, 0.1) is 0 Å². The van der Waals surface area contributed by atoms with E-state index in [1.807, 2.05) is 42.8 Å². The minimum atomic E-state index is -0.413. The Morgan fingerprint density at radius 1 is 1.16 bits per heavy atom. The highest BCUT2D eigenvalue weighted by Crippen LogP contribution is 2.28. The molecular weight excluding hydrogens is 260 g/mol. The number of aromatic nitrogens is 2. The second kappa shape index (κ2) is 7.33. The summed E-state index contributed by atoms with van der Waals surface area (Å²) >= 11 is 1.59. The van der Waals surface area contributed by atoms with Crippen LogP contribution in [-0.4, -0.2) is 22.8 Å². The molecular formula is C14H18N2O2S. The number of imidazole rings is 1. The van der Waals surface area contributed by atoms with Gasteiger partial charge in [-0.1, -0.05) is 30.0 Å². The molecule has 0 amide bonds. The predicted molar refractivity (Wildman–Crippen MR) is 75.1 cm³/mol. The second-order valence-electron chi connectivity index (χ2n) is 3.75. The maximum absolute atomic E-state index is 5.59. The van der Waals surface area contributed by atoms with Crippen molar-refractivity contribution in [1.82, 2.24) is 9.55 Å². The summed E-state index contributed by atoms with van der Waals surface area (Å²) in [6, 6.07) is 10.1. The fraction of sp³-hybridized carbons (Fsp3) is 0.357. The Balaban J connectivity index is 2.16. The molecule has 0 fully saturated rings. The van der Waals surface area contributed by atoms with E-state index in [4.69, 9.17) is 9.47 Å². The first-order chi connectivity index (χ1) is 9.35. The van der Waals surface area contributed by atoms with E-state index in [0.29, 0.717) is 13.2 Å². The van der Waals surface area contributed by atoms with Crippen LogP contribution in [0.25, 0.3) is 0 Å². The highest BCUT2D eigenvalue weighted by molar-refractivity contribution is 7.99. The molecule has 0 aliphatic rings. The fourth-order valence-electron chi connectivity index (χ4n) is 1.63. The van der Waals surface area contributed by atoms with Crippen LogP contribution in [0.2, 0.25) is 0 Å². The minimum Gasteiger partial charge on any atom is -0.335 e. The van der Waals surface area contributed by atoms with Crippen molar-refractivity contribution in [2.75, 3.05) is 13.2 Å². The van der Waals surface area contributed by atoms with Crippen LogP contribution in [0.4, 0.5) is 0 Å². The summed E-state index contributed by atoms with van der Waals surface area (Å²) in [5.41, 5.74) is 0. The van der Waals surface area contributed by atoms with Gasteiger partial charge in [-0.15, -0.1) is 0 Å². The van der Waals surface area contributed by atoms with Gasteiger partial charge in [0.15, 0.2) is 5.16 Å². The van der Waals surface area contributed by atoms with E-state index in [1.54, 1.807) is 18.0 Å². The number of benzene rings is 1. The highest BCUT2D eigenvalue weighted by atomic mass is 32.2. The zero-order valence-electron chi connectivity index (χ0n) is 11.2. The Labute approximate surface area is 117 Å². The number of nitrogens with zero attached hydrogens (tertiary/aromatic N) is 2. The lowest BCUT2D eigenvalue weighted by molar-refractivity contribution is -0.190. The Kier molecular flexibility index (Phi) is 5.44. The molecule has 102 valence electrons. The van der Waals surface area contributed by atoms with Gasteiger partial charge in [-0.3, -0.25) is 4.57 Å². The van der Waals surface area contributed by atoms with E-state index >= 15 is 0 Å². The largest absolute Gasteiger partial charge is 0.335 e. The summed E-state index contributed by atoms with van der Waals surface area (Å²) in [6.07, 6.45) is 3.22. The normalized spacial score (nSPS) is 11.1. The molecule has 1 heterocycles. The lowest BCUT2D eigenvalue weighted by Crippen LogP contribution is -2.16. The molecule has 4 nitrogen and oxygen atoms in total. The van der Waals surface area contributed by atoms with Crippen LogP contribution in [0.5, 0.6) is 0 Å². The third-order valence-corrected chi connectivity index (χ3v) is 3.44. The first-order valence-electron chi connectivity index (χ1n) is 6.34. The first kappa shape index (κ1) is 14.1. The topological polar surface area (TPSA) is 36.3 Å². The van der Waals surface area contributed by atoms with Crippen LogP contribution in [0.1, 0.15) is 20.3 Å². The summed E-state index contributed by atoms with van der Waals surface area (Å²) in [7, 11) is 0. The van der Waals surface area contributed by atoms with E-state index in [9.17, 15) is 0 Å². The molecule has 0 aliphatic heterocycles. The molecule has 2 rings (SSSR count). The molecule has 0 bridgehead atoms. The number of hydrogen-bond donors (Lipinski definition) is 0. The molecule has 2 aromatic rings. The molecule has 0 spiro atoms. The van der Waals surface area contributed by atoms with Crippen molar-refractivity contribution in [2.24, 2.45) is 0 Å². The van der Waals surface area contributed by atoms with Crippen LogP contribution >= 0.6 is 11.8 Å². The van der Waals surface area contributed by atoms with Gasteiger partial charge in [-0.2, -0.15) is 0 Å². The highest BCUT2D eigenvalue weighted by Gasteiger charge is 2.15. The number of ether oxygens (including phenoxy) is 2. The molecule has 0 unspecified atom stereocenters. The van der Waals surface area contributed by atoms with E-state index < -0.39 is 6.41 Å². The lowest BCUT2D eigenvalue weighted by Gasteiger charge is -2.19. The molecule has 0 saturated carbocycles. The smallest absolute Gasteiger partial charge is 0.245 e. The average Bonchev–Trinajstić information content (AvgIpc) is 2.88. The molecule has 0 saturated heterocycles. The van der Waals surface area contributed by atoms with Crippen molar-refractivity contribution in [3.05, 3.63) is 42.7 Å². The Morgan fingerprint density at radius 2 is 1.84 bits per heavy atom. The van der Waals surface area contributed by atoms with Crippen molar-refractivity contribution in [3.8, 4) is 0 Å². The summed E-state index contributed by atoms with van der Waals surface area (Å²) < 4.78 is 13.1. The lowest BCUT2D eigenvalue weighted by atomic mass is 10.4. The summed E-state index contributed by atoms with van der Waals surface area (Å²) in [5.74, 6) is 0. The van der Waals surface area contributed by atoms with Gasteiger partial charge in [-0.25, -0.2) is 4.98 Å². The van der Waals surface area contributed by atoms with E-state index in [2.05, 4.69) is 17.1 Å². The van der Waals surface area contributed by atoms with Gasteiger partial charge in [0, 0.05) is 30.5 Å². The van der Waals surface area contributed by atoms with E-state index in [-0.39, 0.29) is 0 Å². The molecule has 0 aliphatic carbocycles. The summed E-state index contributed by atoms with van der Waals surface area (Å²) in [6.45, 7) is 5.09. The fourth-order valence-corrected chi connectivity index (χ4v) is 2.50. The third-order valence-electron chi connectivity index (χ3n) is 2.43. The zero-order valence-corrected chi connectivity index (χ0v) is 12.0. The van der Waals surface area contributed by atoms with Crippen LogP contribution < -0.4 is 0 Å². The van der Waals surface area contributed by atoms with Crippen LogP contribution in [0.15, 0.2) is 52.8 Å². The zero-order chi connectivity index (χ0) is 13.5. The van der Waals surface area contributed by atoms with Gasteiger partial charge in [0.1, 0.15) is 0 Å². The maximum Gasteiger partial charge on any atom is 0.245 e. The average molecular weight is 278 g/mol. The van der Waals surface area contributed by atoms with Crippen molar-refractivity contribution >= 4 is 11.8 Å². The molecule has 5 heteroatoms. The predicted octanol–water partition coefficient (Wildman–Crippen LogP) is 3.56. The maximum atomic E-state index is 5.59. The quantitative estimate of drug-likeness (QED) is 0.726. The van der Waals surface area contributed by atoms with Gasteiger partial charge in [0.2, 0.25) is 6.41 Å². The second-order valence-corrected chi connectivity index (χ2v) is 4.79. The Hall–Kier alpha value is -1.30. The van der Waals surface area contributed by atoms with Gasteiger partial charge >= 0.3 is 0 Å². The molecule has 0 N–H and O–H groups in total. The summed E-state index contributed by atoms with van der Waals surface area (Å²) in [4.78, 5) is 5.50.